The first kappa shape index (κ1) is 31.1. The molecule has 49 heavy (non-hydrogen) atoms. The van der Waals surface area contributed by atoms with Crippen molar-refractivity contribution in [3.63, 3.8) is 0 Å². The van der Waals surface area contributed by atoms with Crippen LogP contribution in [-0.2, 0) is 37.3 Å². The van der Waals surface area contributed by atoms with Crippen LogP contribution in [0, 0.1) is 23.7 Å². The molecule has 4 aliphatic heterocycles. The molecular weight excluding hydrogens is 612 g/mol. The predicted octanol–water partition coefficient (Wildman–Crippen LogP) is 6.14. The molecule has 2 aromatic carbocycles. The highest BCUT2D eigenvalue weighted by Gasteiger charge is 2.62. The molecule has 0 radical (unpaired) electrons. The molecule has 4 aromatic rings. The van der Waals surface area contributed by atoms with E-state index in [0.29, 0.717) is 11.8 Å². The van der Waals surface area contributed by atoms with Gasteiger partial charge < -0.3 is 24.8 Å². The minimum atomic E-state index is -0.676. The van der Waals surface area contributed by atoms with Gasteiger partial charge in [-0.05, 0) is 85.6 Å². The van der Waals surface area contributed by atoms with Gasteiger partial charge >= 0.3 is 11.9 Å². The summed E-state index contributed by atoms with van der Waals surface area (Å²) in [5, 5.41) is 6.15. The fourth-order valence-corrected chi connectivity index (χ4v) is 11.5. The quantitative estimate of drug-likeness (QED) is 0.180. The van der Waals surface area contributed by atoms with Gasteiger partial charge in [0.05, 0.1) is 20.1 Å². The second-order valence-corrected chi connectivity index (χ2v) is 15.5. The predicted molar refractivity (Wildman–Crippen MR) is 191 cm³/mol. The Bertz CT molecular complexity index is 2010. The Balaban J connectivity index is 1.22. The van der Waals surface area contributed by atoms with Crippen molar-refractivity contribution < 1.29 is 19.1 Å². The number of hydrogen-bond acceptors (Lipinski definition) is 6. The van der Waals surface area contributed by atoms with Crippen LogP contribution < -0.4 is 5.32 Å². The molecule has 1 saturated carbocycles. The van der Waals surface area contributed by atoms with Crippen molar-refractivity contribution in [3.05, 3.63) is 82.2 Å². The van der Waals surface area contributed by atoms with E-state index in [1.165, 1.54) is 52.3 Å². The minimum Gasteiger partial charge on any atom is -0.469 e. The molecule has 6 heterocycles. The van der Waals surface area contributed by atoms with Gasteiger partial charge in [-0.25, -0.2) is 0 Å². The molecule has 6 bridgehead atoms. The molecular formula is C41H48N4O4. The van der Waals surface area contributed by atoms with Crippen LogP contribution in [0.1, 0.15) is 73.5 Å². The van der Waals surface area contributed by atoms with Crippen molar-refractivity contribution in [3.8, 4) is 0 Å². The number of allylic oxidation sites excluding steroid dienone is 1. The molecule has 8 nitrogen and oxygen atoms in total. The number of carbonyl (C=O) groups excluding carboxylic acids is 2. The molecule has 3 saturated heterocycles. The monoisotopic (exact) mass is 660 g/mol. The standard InChI is InChI=1S/C41H48N4O4/c1-5-23-15-22-19-41(40(47)49-4)37-28(13-14-45(21-22)38(23)41)27-12-11-25(16-33(27)44-37)30-17-29-24(6-2)20-42-34(35(29)39(46)48-3)18-31-26-9-7-8-10-32(26)43-36(30)31/h6-12,16,22-23,29-30,34-35,38,42-44H,5,13-15,17-21H2,1-4H3/b24-6-/t22-,23+,29+,30+,34+,35+,38+,41-/m1/s1. The molecule has 2 aliphatic carbocycles. The van der Waals surface area contributed by atoms with Crippen LogP contribution in [0.4, 0.5) is 0 Å². The van der Waals surface area contributed by atoms with Crippen LogP contribution in [0.5, 0.6) is 0 Å². The second kappa shape index (κ2) is 11.6. The molecule has 1 unspecified atom stereocenters. The fraction of sp³-hybridized carbons (Fsp3) is 0.512. The normalized spacial score (nSPS) is 34.2. The number of hydrogen-bond donors (Lipinski definition) is 3. The Morgan fingerprint density at radius 2 is 1.86 bits per heavy atom. The van der Waals surface area contributed by atoms with Crippen LogP contribution >= 0.6 is 0 Å². The summed E-state index contributed by atoms with van der Waals surface area (Å²) in [7, 11) is 3.08. The molecule has 4 fully saturated rings. The van der Waals surface area contributed by atoms with Crippen LogP contribution in [0.3, 0.4) is 0 Å². The molecule has 8 heteroatoms. The van der Waals surface area contributed by atoms with Crippen LogP contribution in [0.15, 0.2) is 54.1 Å². The number of carbonyl (C=O) groups is 2. The Labute approximate surface area is 288 Å². The maximum Gasteiger partial charge on any atom is 0.319 e. The average molecular weight is 661 g/mol. The summed E-state index contributed by atoms with van der Waals surface area (Å²) in [5.41, 5.74) is 8.93. The zero-order valence-electron chi connectivity index (χ0n) is 29.1. The van der Waals surface area contributed by atoms with E-state index in [1.54, 1.807) is 7.11 Å². The van der Waals surface area contributed by atoms with Crippen molar-refractivity contribution in [2.75, 3.05) is 33.9 Å². The SMILES string of the molecule is C/C=C1/CN[C@H]2Cc3c([nH]c4ccccc34)[C@H](c3ccc4c5c([nH]c4c3)[C@]3(C(=O)OC)C[C@H]4C[C@H](CC)[C@@H]3N(CC5)C4)C[C@@H]1[C@@H]2C(=O)OC. The lowest BCUT2D eigenvalue weighted by Crippen LogP contribution is -2.67. The Kier molecular flexibility index (Phi) is 7.36. The van der Waals surface area contributed by atoms with Gasteiger partial charge in [0.1, 0.15) is 5.41 Å². The maximum absolute atomic E-state index is 14.1. The summed E-state index contributed by atoms with van der Waals surface area (Å²) in [6, 6.07) is 15.7. The van der Waals surface area contributed by atoms with Gasteiger partial charge in [-0.2, -0.15) is 0 Å². The van der Waals surface area contributed by atoms with E-state index in [1.807, 2.05) is 0 Å². The highest BCUT2D eigenvalue weighted by molar-refractivity contribution is 5.92. The van der Waals surface area contributed by atoms with Gasteiger partial charge in [-0.1, -0.05) is 55.3 Å². The molecule has 3 N–H and O–H groups in total. The summed E-state index contributed by atoms with van der Waals surface area (Å²) in [6.07, 6.45) is 7.78. The second-order valence-electron chi connectivity index (χ2n) is 15.5. The number of fused-ring (bicyclic) bond motifs is 9. The van der Waals surface area contributed by atoms with Gasteiger partial charge in [0.25, 0.3) is 0 Å². The van der Waals surface area contributed by atoms with E-state index < -0.39 is 5.41 Å². The van der Waals surface area contributed by atoms with Gasteiger partial charge in [-0.15, -0.1) is 0 Å². The number of nitrogens with one attached hydrogen (secondary N) is 3. The number of esters is 2. The van der Waals surface area contributed by atoms with Gasteiger partial charge in [0, 0.05) is 70.8 Å². The molecule has 6 aliphatic rings. The van der Waals surface area contributed by atoms with E-state index in [9.17, 15) is 9.59 Å². The zero-order valence-corrected chi connectivity index (χ0v) is 29.1. The third kappa shape index (κ3) is 4.42. The van der Waals surface area contributed by atoms with Crippen molar-refractivity contribution in [1.82, 2.24) is 20.2 Å². The number of aromatic amines is 2. The average Bonchev–Trinajstić information content (AvgIpc) is 3.66. The van der Waals surface area contributed by atoms with E-state index in [4.69, 9.17) is 9.47 Å². The van der Waals surface area contributed by atoms with Crippen molar-refractivity contribution in [1.29, 1.82) is 0 Å². The maximum atomic E-state index is 14.1. The number of benzene rings is 2. The summed E-state index contributed by atoms with van der Waals surface area (Å²) in [5.74, 6) is 0.582. The van der Waals surface area contributed by atoms with Crippen molar-refractivity contribution >= 4 is 33.7 Å². The summed E-state index contributed by atoms with van der Waals surface area (Å²) < 4.78 is 11.2. The van der Waals surface area contributed by atoms with E-state index >= 15 is 0 Å². The van der Waals surface area contributed by atoms with Crippen LogP contribution in [0.2, 0.25) is 0 Å². The number of ether oxygens (including phenoxy) is 2. The number of rotatable bonds is 4. The lowest BCUT2D eigenvalue weighted by atomic mass is 9.56. The number of nitrogens with zero attached hydrogens (tertiary/aromatic N) is 1. The van der Waals surface area contributed by atoms with Crippen molar-refractivity contribution in [2.45, 2.75) is 75.8 Å². The van der Waals surface area contributed by atoms with Crippen LogP contribution in [-0.4, -0.2) is 72.7 Å². The number of H-pyrrole nitrogens is 2. The van der Waals surface area contributed by atoms with Gasteiger partial charge in [0.15, 0.2) is 0 Å². The summed E-state index contributed by atoms with van der Waals surface area (Å²) in [6.45, 7) is 7.20. The third-order valence-corrected chi connectivity index (χ3v) is 13.5. The third-order valence-electron chi connectivity index (χ3n) is 13.5. The molecule has 10 rings (SSSR count). The molecule has 256 valence electrons. The first-order valence-corrected chi connectivity index (χ1v) is 18.4. The number of methoxy groups -OCH3 is 2. The molecule has 0 spiro atoms. The molecule has 9 atom stereocenters. The topological polar surface area (TPSA) is 99.5 Å². The Hall–Kier alpha value is -3.88. The molecule has 0 amide bonds. The van der Waals surface area contributed by atoms with E-state index in [0.717, 1.165) is 68.5 Å². The first-order valence-electron chi connectivity index (χ1n) is 18.4. The number of aromatic nitrogens is 2. The van der Waals surface area contributed by atoms with Crippen LogP contribution in [0.25, 0.3) is 21.8 Å². The van der Waals surface area contributed by atoms with E-state index in [2.05, 4.69) is 82.6 Å². The highest BCUT2D eigenvalue weighted by Crippen LogP contribution is 2.56. The highest BCUT2D eigenvalue weighted by atomic mass is 16.5. The van der Waals surface area contributed by atoms with Crippen molar-refractivity contribution in [2.24, 2.45) is 23.7 Å². The Morgan fingerprint density at radius 3 is 2.65 bits per heavy atom. The molecule has 2 aromatic heterocycles. The number of piperidine rings is 3. The van der Waals surface area contributed by atoms with Gasteiger partial charge in [-0.3, -0.25) is 14.5 Å². The summed E-state index contributed by atoms with van der Waals surface area (Å²) in [4.78, 5) is 38.0. The first-order chi connectivity index (χ1) is 23.9. The zero-order chi connectivity index (χ0) is 33.6. The fourth-order valence-electron chi connectivity index (χ4n) is 11.5. The lowest BCUT2D eigenvalue weighted by Gasteiger charge is -2.57. The van der Waals surface area contributed by atoms with Gasteiger partial charge in [0.2, 0.25) is 0 Å². The lowest BCUT2D eigenvalue weighted by molar-refractivity contribution is -0.162. The van der Waals surface area contributed by atoms with E-state index in [-0.39, 0.29) is 41.8 Å². The number of para-hydroxylation sites is 1. The minimum absolute atomic E-state index is 0.00606. The largest absolute Gasteiger partial charge is 0.469 e. The Morgan fingerprint density at radius 1 is 1.02 bits per heavy atom. The smallest absolute Gasteiger partial charge is 0.319 e. The summed E-state index contributed by atoms with van der Waals surface area (Å²) >= 11 is 0.